The van der Waals surface area contributed by atoms with Crippen molar-refractivity contribution in [2.24, 2.45) is 0 Å². The first-order valence-electron chi connectivity index (χ1n) is 9.23. The van der Waals surface area contributed by atoms with Crippen LogP contribution in [0.1, 0.15) is 0 Å². The highest BCUT2D eigenvalue weighted by Crippen LogP contribution is 2.41. The van der Waals surface area contributed by atoms with E-state index in [0.717, 1.165) is 26.7 Å². The number of hydrogen-bond donors (Lipinski definition) is 1. The normalized spacial score (nSPS) is 11.2. The lowest BCUT2D eigenvalue weighted by atomic mass is 9.93. The van der Waals surface area contributed by atoms with Gasteiger partial charge in [-0.15, -0.1) is 0 Å². The molecule has 0 aliphatic heterocycles. The van der Waals surface area contributed by atoms with Gasteiger partial charge in [0, 0.05) is 15.6 Å². The van der Waals surface area contributed by atoms with Crippen LogP contribution in [0.5, 0.6) is 0 Å². The predicted molar refractivity (Wildman–Crippen MR) is 123 cm³/mol. The Kier molecular flexibility index (Phi) is 4.22. The quantitative estimate of drug-likeness (QED) is 0.247. The fraction of sp³-hybridized carbons (Fsp3) is 0. The Balaban J connectivity index is 1.98. The van der Waals surface area contributed by atoms with Crippen LogP contribution in [-0.2, 0) is 0 Å². The molecule has 4 aromatic carbocycles. The third-order valence-corrected chi connectivity index (χ3v) is 5.60. The van der Waals surface area contributed by atoms with Gasteiger partial charge in [0.2, 0.25) is 5.43 Å². The third-order valence-electron chi connectivity index (χ3n) is 5.11. The first kappa shape index (κ1) is 17.7. The van der Waals surface area contributed by atoms with Gasteiger partial charge in [-0.05, 0) is 41.5 Å². The second-order valence-corrected chi connectivity index (χ2v) is 7.81. The highest BCUT2D eigenvalue weighted by Gasteiger charge is 2.19. The average molecular weight is 442 g/mol. The zero-order valence-electron chi connectivity index (χ0n) is 15.4. The van der Waals surface area contributed by atoms with Gasteiger partial charge in [0.15, 0.2) is 0 Å². The Labute approximate surface area is 175 Å². The maximum atomic E-state index is 13.3. The molecular formula is C25H16BrNO2. The number of nitrogen functional groups attached to an aromatic ring is 1. The molecule has 0 unspecified atom stereocenters. The SMILES string of the molecule is Nc1c(-c2cccc(Br)c2)cc2c(=O)c3ccccc3oc2c1-c1ccccc1. The van der Waals surface area contributed by atoms with Crippen LogP contribution in [0.25, 0.3) is 44.2 Å². The molecule has 4 heteroatoms. The van der Waals surface area contributed by atoms with Crippen molar-refractivity contribution in [3.05, 3.63) is 99.6 Å². The van der Waals surface area contributed by atoms with Gasteiger partial charge < -0.3 is 10.2 Å². The molecule has 0 aliphatic rings. The van der Waals surface area contributed by atoms with Crippen molar-refractivity contribution in [2.45, 2.75) is 0 Å². The molecule has 2 N–H and O–H groups in total. The molecule has 0 saturated carbocycles. The van der Waals surface area contributed by atoms with Crippen molar-refractivity contribution in [2.75, 3.05) is 5.73 Å². The standard InChI is InChI=1S/C25H16BrNO2/c26-17-10-6-9-16(13-17)19-14-20-24(28)18-11-4-5-12-21(18)29-25(20)22(23(19)27)15-7-2-1-3-8-15/h1-14H,27H2. The zero-order valence-corrected chi connectivity index (χ0v) is 16.9. The topological polar surface area (TPSA) is 56.2 Å². The lowest BCUT2D eigenvalue weighted by Crippen LogP contribution is -2.05. The van der Waals surface area contributed by atoms with Crippen LogP contribution in [0.4, 0.5) is 5.69 Å². The van der Waals surface area contributed by atoms with Gasteiger partial charge in [0.05, 0.1) is 16.5 Å². The summed E-state index contributed by atoms with van der Waals surface area (Å²) in [6.45, 7) is 0. The average Bonchev–Trinajstić information content (AvgIpc) is 2.74. The molecule has 3 nitrogen and oxygen atoms in total. The number of nitrogens with two attached hydrogens (primary N) is 1. The van der Waals surface area contributed by atoms with Crippen LogP contribution in [0, 0.1) is 0 Å². The van der Waals surface area contributed by atoms with Gasteiger partial charge in [-0.25, -0.2) is 0 Å². The first-order valence-corrected chi connectivity index (χ1v) is 10.0. The van der Waals surface area contributed by atoms with Crippen LogP contribution in [0.2, 0.25) is 0 Å². The molecule has 0 radical (unpaired) electrons. The van der Waals surface area contributed by atoms with E-state index in [4.69, 9.17) is 10.2 Å². The summed E-state index contributed by atoms with van der Waals surface area (Å²) in [5.74, 6) is 0. The smallest absolute Gasteiger partial charge is 0.200 e. The Hall–Kier alpha value is -3.37. The van der Waals surface area contributed by atoms with Gasteiger partial charge in [0.1, 0.15) is 11.2 Å². The molecule has 0 bridgehead atoms. The number of rotatable bonds is 2. The minimum atomic E-state index is -0.0599. The predicted octanol–water partition coefficient (Wildman–Crippen LogP) is 6.62. The Morgan fingerprint density at radius 2 is 1.48 bits per heavy atom. The molecule has 1 aromatic heterocycles. The van der Waals surface area contributed by atoms with Crippen LogP contribution in [0.15, 0.2) is 98.6 Å². The van der Waals surface area contributed by atoms with Crippen molar-refractivity contribution in [1.29, 1.82) is 0 Å². The number of benzene rings is 4. The molecule has 0 spiro atoms. The number of fused-ring (bicyclic) bond motifs is 2. The molecule has 29 heavy (non-hydrogen) atoms. The summed E-state index contributed by atoms with van der Waals surface area (Å²) in [5.41, 5.74) is 11.7. The summed E-state index contributed by atoms with van der Waals surface area (Å²) in [6, 6.07) is 26.8. The fourth-order valence-electron chi connectivity index (χ4n) is 3.74. The maximum Gasteiger partial charge on any atom is 0.200 e. The number of hydrogen-bond acceptors (Lipinski definition) is 3. The molecule has 0 amide bonds. The van der Waals surface area contributed by atoms with E-state index in [1.807, 2.05) is 78.9 Å². The summed E-state index contributed by atoms with van der Waals surface area (Å²) >= 11 is 3.52. The molecule has 0 fully saturated rings. The molecule has 140 valence electrons. The largest absolute Gasteiger partial charge is 0.455 e. The van der Waals surface area contributed by atoms with Crippen molar-refractivity contribution in [3.8, 4) is 22.3 Å². The number of anilines is 1. The Morgan fingerprint density at radius 1 is 0.759 bits per heavy atom. The third kappa shape index (κ3) is 2.93. The van der Waals surface area contributed by atoms with Gasteiger partial charge in [-0.1, -0.05) is 70.5 Å². The maximum absolute atomic E-state index is 13.3. The lowest BCUT2D eigenvalue weighted by molar-refractivity contribution is 0.661. The van der Waals surface area contributed by atoms with Gasteiger partial charge in [-0.3, -0.25) is 4.79 Å². The summed E-state index contributed by atoms with van der Waals surface area (Å²) in [7, 11) is 0. The van der Waals surface area contributed by atoms with Gasteiger partial charge in [-0.2, -0.15) is 0 Å². The first-order chi connectivity index (χ1) is 14.1. The monoisotopic (exact) mass is 441 g/mol. The van der Waals surface area contributed by atoms with E-state index in [-0.39, 0.29) is 5.43 Å². The Bertz CT molecular complexity index is 1440. The van der Waals surface area contributed by atoms with E-state index in [2.05, 4.69) is 15.9 Å². The van der Waals surface area contributed by atoms with Crippen LogP contribution < -0.4 is 11.2 Å². The molecule has 0 saturated heterocycles. The summed E-state index contributed by atoms with van der Waals surface area (Å²) < 4.78 is 7.16. The molecule has 5 aromatic rings. The minimum Gasteiger partial charge on any atom is -0.455 e. The highest BCUT2D eigenvalue weighted by molar-refractivity contribution is 9.10. The van der Waals surface area contributed by atoms with E-state index < -0.39 is 0 Å². The van der Waals surface area contributed by atoms with E-state index in [1.54, 1.807) is 6.07 Å². The number of para-hydroxylation sites is 1. The van der Waals surface area contributed by atoms with Crippen molar-refractivity contribution in [3.63, 3.8) is 0 Å². The van der Waals surface area contributed by atoms with Crippen molar-refractivity contribution in [1.82, 2.24) is 0 Å². The molecule has 5 rings (SSSR count). The van der Waals surface area contributed by atoms with E-state index in [9.17, 15) is 4.79 Å². The number of halogens is 1. The Morgan fingerprint density at radius 3 is 2.28 bits per heavy atom. The summed E-state index contributed by atoms with van der Waals surface area (Å²) in [4.78, 5) is 13.3. The second kappa shape index (κ2) is 6.90. The van der Waals surface area contributed by atoms with Gasteiger partial charge in [0.25, 0.3) is 0 Å². The van der Waals surface area contributed by atoms with Crippen molar-refractivity contribution >= 4 is 43.6 Å². The molecule has 0 aliphatic carbocycles. The van der Waals surface area contributed by atoms with Crippen LogP contribution in [-0.4, -0.2) is 0 Å². The fourth-order valence-corrected chi connectivity index (χ4v) is 4.14. The van der Waals surface area contributed by atoms with Crippen LogP contribution >= 0.6 is 15.9 Å². The van der Waals surface area contributed by atoms with Crippen LogP contribution in [0.3, 0.4) is 0 Å². The van der Waals surface area contributed by atoms with Crippen molar-refractivity contribution < 1.29 is 4.42 Å². The second-order valence-electron chi connectivity index (χ2n) is 6.89. The zero-order chi connectivity index (χ0) is 20.0. The lowest BCUT2D eigenvalue weighted by Gasteiger charge is -2.15. The molecule has 1 heterocycles. The van der Waals surface area contributed by atoms with E-state index >= 15 is 0 Å². The van der Waals surface area contributed by atoms with Gasteiger partial charge >= 0.3 is 0 Å². The molecular weight excluding hydrogens is 426 g/mol. The molecule has 0 atom stereocenters. The minimum absolute atomic E-state index is 0.0599. The van der Waals surface area contributed by atoms with E-state index in [0.29, 0.717) is 27.6 Å². The van der Waals surface area contributed by atoms with E-state index in [1.165, 1.54) is 0 Å². The summed E-state index contributed by atoms with van der Waals surface area (Å²) in [5, 5.41) is 1.08. The summed E-state index contributed by atoms with van der Waals surface area (Å²) in [6.07, 6.45) is 0. The highest BCUT2D eigenvalue weighted by atomic mass is 79.9.